The highest BCUT2D eigenvalue weighted by atomic mass is 35.5. The van der Waals surface area contributed by atoms with Crippen LogP contribution in [0.3, 0.4) is 0 Å². The van der Waals surface area contributed by atoms with Crippen LogP contribution in [-0.4, -0.2) is 78.1 Å². The molecule has 0 radical (unpaired) electrons. The number of carbonyl (C=O) groups is 3. The van der Waals surface area contributed by atoms with Crippen LogP contribution in [0.1, 0.15) is 96.6 Å². The summed E-state index contributed by atoms with van der Waals surface area (Å²) in [7, 11) is -0.606. The van der Waals surface area contributed by atoms with Gasteiger partial charge in [0.1, 0.15) is 38.9 Å². The van der Waals surface area contributed by atoms with Gasteiger partial charge in [-0.15, -0.1) is 11.3 Å². The van der Waals surface area contributed by atoms with E-state index in [4.69, 9.17) is 31.0 Å². The Bertz CT molecular complexity index is 2050. The van der Waals surface area contributed by atoms with Gasteiger partial charge in [0, 0.05) is 30.4 Å². The molecule has 3 heterocycles. The number of nitrogens with one attached hydrogen (secondary N) is 2. The Kier molecular flexibility index (Phi) is 10.2. The van der Waals surface area contributed by atoms with E-state index in [-0.39, 0.29) is 30.6 Å². The van der Waals surface area contributed by atoms with Crippen LogP contribution in [0.2, 0.25) is 5.02 Å². The van der Waals surface area contributed by atoms with Gasteiger partial charge in [0.05, 0.1) is 34.9 Å². The number of sulfonamides is 1. The summed E-state index contributed by atoms with van der Waals surface area (Å²) in [5.41, 5.74) is 0.660. The van der Waals surface area contributed by atoms with Crippen molar-refractivity contribution in [2.75, 3.05) is 20.7 Å². The minimum absolute atomic E-state index is 0.152. The third-order valence-electron chi connectivity index (χ3n) is 11.7. The Morgan fingerprint density at radius 3 is 2.53 bits per heavy atom. The second-order valence-corrected chi connectivity index (χ2v) is 19.3. The number of carbonyl (C=O) groups excluding carboxylic acids is 3. The van der Waals surface area contributed by atoms with Crippen LogP contribution in [0.5, 0.6) is 11.5 Å². The van der Waals surface area contributed by atoms with Gasteiger partial charge >= 0.3 is 0 Å². The minimum Gasteiger partial charge on any atom is -0.495 e. The number of hydrogen-bond donors (Lipinski definition) is 2. The number of methoxy groups -OCH3 is 1. The van der Waals surface area contributed by atoms with Gasteiger partial charge in [-0.05, 0) is 75.8 Å². The lowest BCUT2D eigenvalue weighted by molar-refractivity contribution is -0.140. The Morgan fingerprint density at radius 1 is 1.09 bits per heavy atom. The maximum atomic E-state index is 14.3. The Hall–Kier alpha value is -3.49. The molecule has 286 valence electrons. The molecule has 1 aliphatic heterocycles. The van der Waals surface area contributed by atoms with Crippen molar-refractivity contribution in [3.8, 4) is 22.2 Å². The van der Waals surface area contributed by atoms with Crippen molar-refractivity contribution in [3.05, 3.63) is 34.3 Å². The third-order valence-corrected chi connectivity index (χ3v) is 15.1. The molecule has 0 unspecified atom stereocenters. The summed E-state index contributed by atoms with van der Waals surface area (Å²) in [4.78, 5) is 53.6. The van der Waals surface area contributed by atoms with Crippen LogP contribution in [0.15, 0.2) is 23.6 Å². The van der Waals surface area contributed by atoms with E-state index in [1.165, 1.54) is 18.4 Å². The molecule has 4 fully saturated rings. The molecule has 3 aromatic rings. The summed E-state index contributed by atoms with van der Waals surface area (Å²) < 4.78 is 39.8. The second kappa shape index (κ2) is 14.3. The van der Waals surface area contributed by atoms with Crippen LogP contribution in [0, 0.1) is 17.8 Å². The number of rotatable bonds is 8. The van der Waals surface area contributed by atoms with Gasteiger partial charge in [0.2, 0.25) is 21.8 Å². The van der Waals surface area contributed by atoms with E-state index < -0.39 is 50.1 Å². The smallest absolute Gasteiger partial charge is 0.259 e. The summed E-state index contributed by atoms with van der Waals surface area (Å²) in [5, 5.41) is 6.69. The van der Waals surface area contributed by atoms with Gasteiger partial charge in [0.25, 0.3) is 5.91 Å². The molecule has 1 aromatic carbocycles. The molecule has 4 aliphatic rings. The Labute approximate surface area is 319 Å². The van der Waals surface area contributed by atoms with E-state index in [0.29, 0.717) is 70.4 Å². The lowest BCUT2D eigenvalue weighted by atomic mass is 9.92. The number of halogens is 1. The Balaban J connectivity index is 1.20. The highest BCUT2D eigenvalue weighted by Crippen LogP contribution is 2.50. The van der Waals surface area contributed by atoms with Crippen LogP contribution >= 0.6 is 22.9 Å². The molecule has 7 rings (SSSR count). The lowest BCUT2D eigenvalue weighted by Crippen LogP contribution is -2.55. The number of hydrogen-bond acceptors (Lipinski definition) is 10. The fraction of sp³-hybridized carbons (Fsp3) is 0.605. The maximum absolute atomic E-state index is 14.3. The molecule has 15 heteroatoms. The molecular formula is C38H48ClN5O7S2. The topological polar surface area (TPSA) is 157 Å². The predicted molar refractivity (Wildman–Crippen MR) is 204 cm³/mol. The molecule has 3 aliphatic carbocycles. The van der Waals surface area contributed by atoms with Crippen molar-refractivity contribution in [2.45, 2.75) is 107 Å². The molecule has 3 saturated carbocycles. The average Bonchev–Trinajstić information content (AvgIpc) is 3.89. The Morgan fingerprint density at radius 2 is 1.83 bits per heavy atom. The molecule has 12 nitrogen and oxygen atoms in total. The summed E-state index contributed by atoms with van der Waals surface area (Å²) in [6, 6.07) is 5.41. The van der Waals surface area contributed by atoms with E-state index in [0.717, 1.165) is 31.4 Å². The summed E-state index contributed by atoms with van der Waals surface area (Å²) in [6.45, 7) is 6.35. The van der Waals surface area contributed by atoms with E-state index in [2.05, 4.69) is 23.9 Å². The number of pyridine rings is 1. The summed E-state index contributed by atoms with van der Waals surface area (Å²) >= 11 is 8.28. The first kappa shape index (κ1) is 37.8. The van der Waals surface area contributed by atoms with Gasteiger partial charge in [-0.2, -0.15) is 0 Å². The predicted octanol–water partition coefficient (Wildman–Crippen LogP) is 6.21. The maximum Gasteiger partial charge on any atom is 0.259 e. The summed E-state index contributed by atoms with van der Waals surface area (Å²) in [5.74, 6) is -1.79. The van der Waals surface area contributed by atoms with Crippen LogP contribution in [0.25, 0.3) is 21.6 Å². The monoisotopic (exact) mass is 785 g/mol. The van der Waals surface area contributed by atoms with Crippen LogP contribution < -0.4 is 19.5 Å². The fourth-order valence-electron chi connectivity index (χ4n) is 7.82. The minimum atomic E-state index is -3.91. The number of benzene rings is 1. The summed E-state index contributed by atoms with van der Waals surface area (Å²) in [6.07, 6.45) is 5.47. The zero-order valence-corrected chi connectivity index (χ0v) is 33.3. The van der Waals surface area contributed by atoms with E-state index in [1.807, 2.05) is 17.5 Å². The van der Waals surface area contributed by atoms with Gasteiger partial charge < -0.3 is 19.7 Å². The standard InChI is InChI=1S/C38H48ClN5O7S2/c1-21(2)28-20-52-34(41-28)27-18-30(24-11-12-29(50-5)31(39)32(24)40-27)51-23-16-25-26(17-23)35(46)44(4)15-9-7-6-8-10-22-19-38(22,42-33(25)45)36(47)43-53(48,49)37(3)13-14-37/h11-12,18,20-23,25-26H,6-10,13-17,19H2,1-5H3,(H,42,45)(H,43,47)/t22-,23-,25-,26-,38-/m1/s1. The number of thiazole rings is 1. The first-order valence-electron chi connectivity index (χ1n) is 18.6. The number of fused-ring (bicyclic) bond motifs is 3. The molecule has 0 spiro atoms. The quantitative estimate of drug-likeness (QED) is 0.271. The number of nitrogens with zero attached hydrogens (tertiary/aromatic N) is 3. The third kappa shape index (κ3) is 7.23. The van der Waals surface area contributed by atoms with Gasteiger partial charge in [-0.25, -0.2) is 18.4 Å². The van der Waals surface area contributed by atoms with E-state index >= 15 is 0 Å². The fourth-order valence-corrected chi connectivity index (χ4v) is 10.4. The molecule has 2 N–H and O–H groups in total. The number of ether oxygens (including phenoxy) is 2. The van der Waals surface area contributed by atoms with Crippen molar-refractivity contribution in [1.29, 1.82) is 0 Å². The van der Waals surface area contributed by atoms with Crippen molar-refractivity contribution < 1.29 is 32.3 Å². The molecule has 5 atom stereocenters. The normalized spacial score (nSPS) is 27.4. The van der Waals surface area contributed by atoms with Crippen LogP contribution in [-0.2, 0) is 24.4 Å². The molecule has 1 saturated heterocycles. The molecule has 0 bridgehead atoms. The highest BCUT2D eigenvalue weighted by Gasteiger charge is 2.63. The SMILES string of the molecule is COc1ccc2c(O[C@@H]3C[C@H]4C(=O)N[C@]5(C(=O)NS(=O)(=O)C6(C)CC6)C[C@H]5CCCCCCN(C)C(=O)[C@@H]4C3)cc(-c3nc(C(C)C)cs3)nc2c1Cl. The number of aromatic nitrogens is 2. The lowest BCUT2D eigenvalue weighted by Gasteiger charge is -2.27. The second-order valence-electron chi connectivity index (χ2n) is 15.8. The highest BCUT2D eigenvalue weighted by molar-refractivity contribution is 7.91. The number of amides is 3. The van der Waals surface area contributed by atoms with Crippen LogP contribution in [0.4, 0.5) is 0 Å². The van der Waals surface area contributed by atoms with Gasteiger partial charge in [-0.1, -0.05) is 44.7 Å². The van der Waals surface area contributed by atoms with E-state index in [1.54, 1.807) is 24.9 Å². The van der Waals surface area contributed by atoms with Crippen molar-refractivity contribution in [2.24, 2.45) is 17.8 Å². The molecular weight excluding hydrogens is 738 g/mol. The first-order chi connectivity index (χ1) is 25.2. The van der Waals surface area contributed by atoms with E-state index in [9.17, 15) is 22.8 Å². The average molecular weight is 786 g/mol. The zero-order valence-electron chi connectivity index (χ0n) is 30.9. The van der Waals surface area contributed by atoms with Crippen molar-refractivity contribution in [3.63, 3.8) is 0 Å². The molecule has 3 amide bonds. The largest absolute Gasteiger partial charge is 0.495 e. The zero-order chi connectivity index (χ0) is 37.9. The van der Waals surface area contributed by atoms with Crippen molar-refractivity contribution in [1.82, 2.24) is 24.9 Å². The van der Waals surface area contributed by atoms with Gasteiger partial charge in [-0.3, -0.25) is 19.1 Å². The molecule has 2 aromatic heterocycles. The first-order valence-corrected chi connectivity index (χ1v) is 21.3. The van der Waals surface area contributed by atoms with Crippen molar-refractivity contribution >= 4 is 61.6 Å². The molecule has 53 heavy (non-hydrogen) atoms. The van der Waals surface area contributed by atoms with Gasteiger partial charge in [0.15, 0.2) is 0 Å².